The lowest BCUT2D eigenvalue weighted by molar-refractivity contribution is -0.130. The third kappa shape index (κ3) is 3.59. The fraction of sp³-hybridized carbons (Fsp3) is 0.235. The molecule has 0 fully saturated rings. The number of hydrogen-bond acceptors (Lipinski definition) is 3. The Morgan fingerprint density at radius 2 is 1.74 bits per heavy atom. The van der Waals surface area contributed by atoms with Gasteiger partial charge in [0, 0.05) is 30.5 Å². The summed E-state index contributed by atoms with van der Waals surface area (Å²) in [6.07, 6.45) is 3.33. The molecule has 120 valence electrons. The van der Waals surface area contributed by atoms with Crippen LogP contribution < -0.4 is 0 Å². The van der Waals surface area contributed by atoms with Crippen molar-refractivity contribution in [2.24, 2.45) is 0 Å². The zero-order valence-corrected chi connectivity index (χ0v) is 14.2. The van der Waals surface area contributed by atoms with Crippen LogP contribution in [-0.4, -0.2) is 47.2 Å². The lowest BCUT2D eigenvalue weighted by atomic mass is 10.1. The minimum atomic E-state index is -0.363. The van der Waals surface area contributed by atoms with Crippen molar-refractivity contribution in [3.8, 4) is 0 Å². The number of carbonyl (C=O) groups is 3. The number of fused-ring (bicyclic) bond motifs is 1. The molecule has 0 aromatic heterocycles. The molecule has 0 aliphatic carbocycles. The van der Waals surface area contributed by atoms with Crippen molar-refractivity contribution in [1.82, 2.24) is 9.80 Å². The number of hydrogen-bond donors (Lipinski definition) is 0. The summed E-state index contributed by atoms with van der Waals surface area (Å²) in [5.41, 5.74) is 0.741. The molecule has 5 nitrogen and oxygen atoms in total. The topological polar surface area (TPSA) is 57.7 Å². The zero-order chi connectivity index (χ0) is 17.0. The fourth-order valence-electron chi connectivity index (χ4n) is 2.42. The van der Waals surface area contributed by atoms with Crippen molar-refractivity contribution in [2.75, 3.05) is 19.6 Å². The summed E-state index contributed by atoms with van der Waals surface area (Å²) in [7, 11) is 0. The largest absolute Gasteiger partial charge is 0.335 e. The molecule has 0 radical (unpaired) electrons. The van der Waals surface area contributed by atoms with E-state index in [2.05, 4.69) is 29.1 Å². The zero-order valence-electron chi connectivity index (χ0n) is 12.6. The Balaban J connectivity index is 2.06. The monoisotopic (exact) mass is 376 g/mol. The maximum absolute atomic E-state index is 12.3. The van der Waals surface area contributed by atoms with Gasteiger partial charge >= 0.3 is 0 Å². The smallest absolute Gasteiger partial charge is 0.261 e. The second-order valence-corrected chi connectivity index (χ2v) is 5.99. The van der Waals surface area contributed by atoms with Gasteiger partial charge < -0.3 is 4.90 Å². The minimum Gasteiger partial charge on any atom is -0.335 e. The van der Waals surface area contributed by atoms with Crippen LogP contribution in [0.1, 0.15) is 27.1 Å². The average Bonchev–Trinajstić information content (AvgIpc) is 2.76. The summed E-state index contributed by atoms with van der Waals surface area (Å²) in [6, 6.07) is 4.96. The van der Waals surface area contributed by atoms with Crippen molar-refractivity contribution in [2.45, 2.75) is 6.42 Å². The summed E-state index contributed by atoms with van der Waals surface area (Å²) in [4.78, 5) is 39.5. The average molecular weight is 377 g/mol. The Morgan fingerprint density at radius 1 is 1.13 bits per heavy atom. The van der Waals surface area contributed by atoms with E-state index < -0.39 is 0 Å². The quantitative estimate of drug-likeness (QED) is 0.542. The van der Waals surface area contributed by atoms with E-state index in [9.17, 15) is 14.4 Å². The molecule has 0 saturated heterocycles. The first-order chi connectivity index (χ1) is 11.0. The lowest BCUT2D eigenvalue weighted by Gasteiger charge is -2.21. The van der Waals surface area contributed by atoms with E-state index in [0.29, 0.717) is 24.2 Å². The van der Waals surface area contributed by atoms with Crippen LogP contribution in [0.3, 0.4) is 0 Å². The summed E-state index contributed by atoms with van der Waals surface area (Å²) < 4.78 is 0.735. The number of carbonyl (C=O) groups excluding carboxylic acids is 3. The molecular formula is C17H17BrN2O3. The van der Waals surface area contributed by atoms with Gasteiger partial charge in [0.2, 0.25) is 5.91 Å². The van der Waals surface area contributed by atoms with Crippen LogP contribution in [0.15, 0.2) is 48.0 Å². The Labute approximate surface area is 143 Å². The molecule has 0 bridgehead atoms. The van der Waals surface area contributed by atoms with Gasteiger partial charge in [-0.1, -0.05) is 28.1 Å². The molecule has 6 heteroatoms. The predicted octanol–water partition coefficient (Wildman–Crippen LogP) is 2.64. The van der Waals surface area contributed by atoms with Crippen LogP contribution >= 0.6 is 15.9 Å². The first-order valence-corrected chi connectivity index (χ1v) is 7.94. The normalized spacial score (nSPS) is 13.0. The standard InChI is InChI=1S/C17H17BrN2O3/c1-3-8-19(9-4-2)15(21)7-10-20-16(22)13-6-5-12(18)11-14(13)17(20)23/h3-6,11H,1-2,7-10H2. The van der Waals surface area contributed by atoms with Gasteiger partial charge in [-0.25, -0.2) is 0 Å². The van der Waals surface area contributed by atoms with Gasteiger partial charge in [0.25, 0.3) is 11.8 Å². The van der Waals surface area contributed by atoms with Crippen molar-refractivity contribution < 1.29 is 14.4 Å². The Morgan fingerprint density at radius 3 is 2.35 bits per heavy atom. The molecule has 1 aromatic rings. The van der Waals surface area contributed by atoms with Crippen molar-refractivity contribution >= 4 is 33.7 Å². The third-order valence-electron chi connectivity index (χ3n) is 3.53. The number of imide groups is 1. The Kier molecular flexibility index (Phi) is 5.50. The molecule has 0 saturated carbocycles. The highest BCUT2D eigenvalue weighted by molar-refractivity contribution is 9.10. The highest BCUT2D eigenvalue weighted by Gasteiger charge is 2.35. The second kappa shape index (κ2) is 7.37. The highest BCUT2D eigenvalue weighted by Crippen LogP contribution is 2.26. The van der Waals surface area contributed by atoms with Gasteiger partial charge in [0.1, 0.15) is 0 Å². The molecular weight excluding hydrogens is 360 g/mol. The first-order valence-electron chi connectivity index (χ1n) is 7.15. The Bertz CT molecular complexity index is 674. The van der Waals surface area contributed by atoms with E-state index in [1.54, 1.807) is 35.3 Å². The maximum atomic E-state index is 12.3. The van der Waals surface area contributed by atoms with Crippen molar-refractivity contribution in [1.29, 1.82) is 0 Å². The van der Waals surface area contributed by atoms with Gasteiger partial charge in [-0.05, 0) is 18.2 Å². The highest BCUT2D eigenvalue weighted by atomic mass is 79.9. The first kappa shape index (κ1) is 17.1. The lowest BCUT2D eigenvalue weighted by Crippen LogP contribution is -2.37. The molecule has 2 rings (SSSR count). The van der Waals surface area contributed by atoms with Crippen LogP contribution in [0.2, 0.25) is 0 Å². The molecule has 1 aliphatic rings. The third-order valence-corrected chi connectivity index (χ3v) is 4.03. The van der Waals surface area contributed by atoms with E-state index in [1.165, 1.54) is 0 Å². The molecule has 0 spiro atoms. The van der Waals surface area contributed by atoms with Crippen LogP contribution in [0.4, 0.5) is 0 Å². The molecule has 0 unspecified atom stereocenters. The maximum Gasteiger partial charge on any atom is 0.261 e. The van der Waals surface area contributed by atoms with E-state index in [4.69, 9.17) is 0 Å². The number of rotatable bonds is 7. The van der Waals surface area contributed by atoms with Crippen molar-refractivity contribution in [3.63, 3.8) is 0 Å². The van der Waals surface area contributed by atoms with Gasteiger partial charge in [0.05, 0.1) is 11.1 Å². The molecule has 0 atom stereocenters. The van der Waals surface area contributed by atoms with Crippen LogP contribution in [0.25, 0.3) is 0 Å². The van der Waals surface area contributed by atoms with E-state index >= 15 is 0 Å². The van der Waals surface area contributed by atoms with Crippen LogP contribution in [0.5, 0.6) is 0 Å². The molecule has 23 heavy (non-hydrogen) atoms. The number of benzene rings is 1. The number of halogens is 1. The minimum absolute atomic E-state index is 0.0631. The summed E-state index contributed by atoms with van der Waals surface area (Å²) >= 11 is 3.29. The van der Waals surface area contributed by atoms with Gasteiger partial charge in [0.15, 0.2) is 0 Å². The summed E-state index contributed by atoms with van der Waals surface area (Å²) in [6.45, 7) is 8.09. The van der Waals surface area contributed by atoms with Crippen LogP contribution in [-0.2, 0) is 4.79 Å². The second-order valence-electron chi connectivity index (χ2n) is 5.08. The van der Waals surface area contributed by atoms with Gasteiger partial charge in [-0.2, -0.15) is 0 Å². The molecule has 1 aliphatic heterocycles. The summed E-state index contributed by atoms with van der Waals surface area (Å²) in [5.74, 6) is -0.870. The van der Waals surface area contributed by atoms with E-state index in [1.807, 2.05) is 0 Å². The molecule has 3 amide bonds. The number of amides is 3. The van der Waals surface area contributed by atoms with Gasteiger partial charge in [-0.3, -0.25) is 19.3 Å². The predicted molar refractivity (Wildman–Crippen MR) is 91.1 cm³/mol. The van der Waals surface area contributed by atoms with Gasteiger partial charge in [-0.15, -0.1) is 13.2 Å². The number of nitrogens with zero attached hydrogens (tertiary/aromatic N) is 2. The summed E-state index contributed by atoms with van der Waals surface area (Å²) in [5, 5.41) is 0. The molecule has 1 heterocycles. The van der Waals surface area contributed by atoms with E-state index in [0.717, 1.165) is 9.37 Å². The van der Waals surface area contributed by atoms with Crippen LogP contribution in [0, 0.1) is 0 Å². The SMILES string of the molecule is C=CCN(CC=C)C(=O)CCN1C(=O)c2ccc(Br)cc2C1=O. The Hall–Kier alpha value is -2.21. The fourth-order valence-corrected chi connectivity index (χ4v) is 2.78. The van der Waals surface area contributed by atoms with Crippen molar-refractivity contribution in [3.05, 3.63) is 59.1 Å². The molecule has 0 N–H and O–H groups in total. The molecule has 1 aromatic carbocycles. The van der Waals surface area contributed by atoms with E-state index in [-0.39, 0.29) is 30.7 Å².